The first-order chi connectivity index (χ1) is 6.26. The fourth-order valence-corrected chi connectivity index (χ4v) is 1.02. The summed E-state index contributed by atoms with van der Waals surface area (Å²) in [5, 5.41) is 12.0. The van der Waals surface area contributed by atoms with Crippen LogP contribution in [0.1, 0.15) is 34.6 Å². The number of rotatable bonds is 4. The molecule has 0 aromatic rings. The van der Waals surface area contributed by atoms with Crippen LogP contribution in [0.3, 0.4) is 0 Å². The molecule has 0 heterocycles. The molecule has 0 rings (SSSR count). The van der Waals surface area contributed by atoms with E-state index in [4.69, 9.17) is 9.84 Å². The zero-order valence-corrected chi connectivity index (χ0v) is 9.63. The van der Waals surface area contributed by atoms with Crippen molar-refractivity contribution >= 4 is 5.97 Å². The van der Waals surface area contributed by atoms with Gasteiger partial charge in [-0.25, -0.2) is 0 Å². The molecule has 0 aromatic heterocycles. The Kier molecular flexibility index (Phi) is 5.08. The minimum Gasteiger partial charge on any atom is -0.462 e. The Labute approximate surface area is 85.6 Å². The lowest BCUT2D eigenvalue weighted by Gasteiger charge is -2.26. The fraction of sp³-hybridized carbons (Fsp3) is 0.900. The molecule has 0 aliphatic carbocycles. The maximum Gasteiger partial charge on any atom is 0.325 e. The molecular weight excluding hydrogens is 182 g/mol. The van der Waals surface area contributed by atoms with Crippen molar-refractivity contribution in [3.63, 3.8) is 0 Å². The number of aliphatic hydroxyl groups excluding tert-OH is 1. The minimum atomic E-state index is -0.641. The molecule has 0 amide bonds. The smallest absolute Gasteiger partial charge is 0.325 e. The lowest BCUT2D eigenvalue weighted by molar-refractivity contribution is -0.151. The Morgan fingerprint density at radius 2 is 1.93 bits per heavy atom. The SMILES string of the molecule is CC(C)OC(=O)[C@H](CO)NC(C)(C)C. The molecule has 0 aromatic carbocycles. The molecule has 1 atom stereocenters. The highest BCUT2D eigenvalue weighted by Gasteiger charge is 2.24. The predicted octanol–water partition coefficient (Wildman–Crippen LogP) is 0.687. The first-order valence-corrected chi connectivity index (χ1v) is 4.85. The second kappa shape index (κ2) is 5.32. The first-order valence-electron chi connectivity index (χ1n) is 4.85. The third-order valence-corrected chi connectivity index (χ3v) is 1.43. The van der Waals surface area contributed by atoms with Gasteiger partial charge in [-0.2, -0.15) is 0 Å². The number of esters is 1. The van der Waals surface area contributed by atoms with Crippen LogP contribution in [0.2, 0.25) is 0 Å². The number of hydrogen-bond donors (Lipinski definition) is 2. The normalized spacial score (nSPS) is 14.2. The van der Waals surface area contributed by atoms with Gasteiger partial charge in [-0.15, -0.1) is 0 Å². The summed E-state index contributed by atoms with van der Waals surface area (Å²) in [6, 6.07) is -0.641. The van der Waals surface area contributed by atoms with E-state index in [1.807, 2.05) is 20.8 Å². The van der Waals surface area contributed by atoms with Gasteiger partial charge >= 0.3 is 5.97 Å². The van der Waals surface area contributed by atoms with E-state index in [-0.39, 0.29) is 18.2 Å². The van der Waals surface area contributed by atoms with Gasteiger partial charge in [0.2, 0.25) is 0 Å². The molecule has 0 saturated carbocycles. The van der Waals surface area contributed by atoms with Crippen molar-refractivity contribution in [2.24, 2.45) is 0 Å². The predicted molar refractivity (Wildman–Crippen MR) is 55.0 cm³/mol. The summed E-state index contributed by atoms with van der Waals surface area (Å²) in [6.07, 6.45) is -0.154. The van der Waals surface area contributed by atoms with Crippen molar-refractivity contribution in [1.82, 2.24) is 5.32 Å². The summed E-state index contributed by atoms with van der Waals surface area (Å²) in [5.41, 5.74) is -0.219. The molecule has 84 valence electrons. The van der Waals surface area contributed by atoms with Crippen molar-refractivity contribution in [3.8, 4) is 0 Å². The topological polar surface area (TPSA) is 58.6 Å². The van der Waals surface area contributed by atoms with Crippen LogP contribution in [0.5, 0.6) is 0 Å². The van der Waals surface area contributed by atoms with Crippen LogP contribution in [0.15, 0.2) is 0 Å². The maximum absolute atomic E-state index is 11.4. The average molecular weight is 203 g/mol. The van der Waals surface area contributed by atoms with Crippen LogP contribution >= 0.6 is 0 Å². The zero-order chi connectivity index (χ0) is 11.4. The Bertz CT molecular complexity index is 184. The van der Waals surface area contributed by atoms with Crippen LogP contribution in [-0.4, -0.2) is 35.4 Å². The highest BCUT2D eigenvalue weighted by Crippen LogP contribution is 2.03. The first kappa shape index (κ1) is 13.4. The summed E-state index contributed by atoms with van der Waals surface area (Å²) in [6.45, 7) is 9.10. The lowest BCUT2D eigenvalue weighted by atomic mass is 10.1. The highest BCUT2D eigenvalue weighted by molar-refractivity contribution is 5.76. The second-order valence-corrected chi connectivity index (χ2v) is 4.62. The van der Waals surface area contributed by atoms with E-state index in [9.17, 15) is 4.79 Å². The molecule has 4 heteroatoms. The van der Waals surface area contributed by atoms with Crippen molar-refractivity contribution in [2.45, 2.75) is 52.3 Å². The van der Waals surface area contributed by atoms with Gasteiger partial charge in [-0.1, -0.05) is 0 Å². The summed E-state index contributed by atoms with van der Waals surface area (Å²) in [4.78, 5) is 11.4. The Morgan fingerprint density at radius 1 is 1.43 bits per heavy atom. The molecule has 0 saturated heterocycles. The van der Waals surface area contributed by atoms with E-state index in [2.05, 4.69) is 5.32 Å². The zero-order valence-electron chi connectivity index (χ0n) is 9.63. The van der Waals surface area contributed by atoms with Crippen LogP contribution in [0.4, 0.5) is 0 Å². The van der Waals surface area contributed by atoms with Gasteiger partial charge in [-0.3, -0.25) is 10.1 Å². The molecule has 14 heavy (non-hydrogen) atoms. The number of ether oxygens (including phenoxy) is 1. The number of carbonyl (C=O) groups is 1. The monoisotopic (exact) mass is 203 g/mol. The van der Waals surface area contributed by atoms with Gasteiger partial charge in [0.05, 0.1) is 12.7 Å². The van der Waals surface area contributed by atoms with E-state index in [1.165, 1.54) is 0 Å². The second-order valence-electron chi connectivity index (χ2n) is 4.62. The number of carbonyl (C=O) groups excluding carboxylic acids is 1. The van der Waals surface area contributed by atoms with Crippen LogP contribution in [0.25, 0.3) is 0 Å². The average Bonchev–Trinajstić information content (AvgIpc) is 1.96. The molecule has 4 nitrogen and oxygen atoms in total. The van der Waals surface area contributed by atoms with Crippen molar-refractivity contribution in [1.29, 1.82) is 0 Å². The van der Waals surface area contributed by atoms with Gasteiger partial charge in [0.25, 0.3) is 0 Å². The molecular formula is C10H21NO3. The Hall–Kier alpha value is -0.610. The number of hydrogen-bond acceptors (Lipinski definition) is 4. The minimum absolute atomic E-state index is 0.154. The summed E-state index contributed by atoms with van der Waals surface area (Å²) in [5.74, 6) is -0.405. The van der Waals surface area contributed by atoms with Crippen LogP contribution in [0, 0.1) is 0 Å². The third-order valence-electron chi connectivity index (χ3n) is 1.43. The molecule has 0 aliphatic heterocycles. The van der Waals surface area contributed by atoms with Crippen molar-refractivity contribution in [3.05, 3.63) is 0 Å². The van der Waals surface area contributed by atoms with E-state index in [0.717, 1.165) is 0 Å². The number of aliphatic hydroxyl groups is 1. The quantitative estimate of drug-likeness (QED) is 0.660. The summed E-state index contributed by atoms with van der Waals surface area (Å²) < 4.78 is 4.99. The lowest BCUT2D eigenvalue weighted by Crippen LogP contribution is -2.50. The largest absolute Gasteiger partial charge is 0.462 e. The molecule has 2 N–H and O–H groups in total. The van der Waals surface area contributed by atoms with Gasteiger partial charge in [0.15, 0.2) is 0 Å². The highest BCUT2D eigenvalue weighted by atomic mass is 16.5. The molecule has 0 fully saturated rings. The molecule has 0 spiro atoms. The fourth-order valence-electron chi connectivity index (χ4n) is 1.02. The van der Waals surface area contributed by atoms with E-state index >= 15 is 0 Å². The van der Waals surface area contributed by atoms with Gasteiger partial charge in [-0.05, 0) is 34.6 Å². The molecule has 0 aliphatic rings. The van der Waals surface area contributed by atoms with Gasteiger partial charge < -0.3 is 9.84 Å². The molecule has 0 bridgehead atoms. The Morgan fingerprint density at radius 3 is 2.21 bits per heavy atom. The van der Waals surface area contributed by atoms with Crippen molar-refractivity contribution < 1.29 is 14.6 Å². The van der Waals surface area contributed by atoms with Crippen LogP contribution in [-0.2, 0) is 9.53 Å². The molecule has 0 radical (unpaired) electrons. The van der Waals surface area contributed by atoms with Crippen LogP contribution < -0.4 is 5.32 Å². The molecule has 0 unspecified atom stereocenters. The van der Waals surface area contributed by atoms with Gasteiger partial charge in [0.1, 0.15) is 6.04 Å². The summed E-state index contributed by atoms with van der Waals surface area (Å²) in [7, 11) is 0. The maximum atomic E-state index is 11.4. The van der Waals surface area contributed by atoms with E-state index in [1.54, 1.807) is 13.8 Å². The van der Waals surface area contributed by atoms with E-state index < -0.39 is 12.0 Å². The third kappa shape index (κ3) is 5.94. The summed E-state index contributed by atoms with van der Waals surface area (Å²) >= 11 is 0. The van der Waals surface area contributed by atoms with Gasteiger partial charge in [0, 0.05) is 5.54 Å². The van der Waals surface area contributed by atoms with Crippen molar-refractivity contribution in [2.75, 3.05) is 6.61 Å². The van der Waals surface area contributed by atoms with E-state index in [0.29, 0.717) is 0 Å². The standard InChI is InChI=1S/C10H21NO3/c1-7(2)14-9(13)8(6-12)11-10(3,4)5/h7-8,11-12H,6H2,1-5H3/t8-/m0/s1. The number of nitrogens with one attached hydrogen (secondary N) is 1. The Balaban J connectivity index is 4.20.